The predicted molar refractivity (Wildman–Crippen MR) is 43.8 cm³/mol. The summed E-state index contributed by atoms with van der Waals surface area (Å²) in [6, 6.07) is 0. The number of aromatic nitrogens is 2. The molecule has 3 heteroatoms. The molecule has 12 heavy (non-hydrogen) atoms. The zero-order valence-electron chi connectivity index (χ0n) is 6.88. The number of rotatable bonds is 1. The lowest BCUT2D eigenvalue weighted by Gasteiger charge is -2.09. The number of nitrogens with zero attached hydrogens (tertiary/aromatic N) is 1. The van der Waals surface area contributed by atoms with Gasteiger partial charge in [0.15, 0.2) is 0 Å². The molecule has 1 saturated carbocycles. The Morgan fingerprint density at radius 2 is 2.25 bits per heavy atom. The first-order chi connectivity index (χ1) is 5.90. The molecule has 1 fully saturated rings. The van der Waals surface area contributed by atoms with Crippen molar-refractivity contribution < 1.29 is 5.11 Å². The molecule has 0 amide bonds. The van der Waals surface area contributed by atoms with E-state index in [4.69, 9.17) is 5.11 Å². The van der Waals surface area contributed by atoms with Crippen molar-refractivity contribution in [1.29, 1.82) is 0 Å². The summed E-state index contributed by atoms with van der Waals surface area (Å²) in [7, 11) is 0. The van der Waals surface area contributed by atoms with Crippen LogP contribution in [-0.4, -0.2) is 15.3 Å². The van der Waals surface area contributed by atoms with Crippen LogP contribution in [0.2, 0.25) is 0 Å². The van der Waals surface area contributed by atoms with Gasteiger partial charge in [0.05, 0.1) is 12.3 Å². The molecule has 64 valence electrons. The fourth-order valence-electron chi connectivity index (χ4n) is 2.80. The molecule has 2 atom stereocenters. The molecule has 0 saturated heterocycles. The van der Waals surface area contributed by atoms with E-state index in [-0.39, 0.29) is 6.61 Å². The van der Waals surface area contributed by atoms with Gasteiger partial charge in [-0.25, -0.2) is 0 Å². The first-order valence-electron chi connectivity index (χ1n) is 4.58. The molecule has 2 bridgehead atoms. The van der Waals surface area contributed by atoms with Gasteiger partial charge in [0.1, 0.15) is 0 Å². The van der Waals surface area contributed by atoms with E-state index in [1.807, 2.05) is 0 Å². The van der Waals surface area contributed by atoms with Crippen LogP contribution in [0.3, 0.4) is 0 Å². The first-order valence-corrected chi connectivity index (χ1v) is 4.58. The van der Waals surface area contributed by atoms with Crippen LogP contribution in [-0.2, 0) is 6.61 Å². The van der Waals surface area contributed by atoms with Gasteiger partial charge in [-0.05, 0) is 25.2 Å². The molecule has 0 aromatic carbocycles. The van der Waals surface area contributed by atoms with Gasteiger partial charge in [-0.2, -0.15) is 5.10 Å². The van der Waals surface area contributed by atoms with Gasteiger partial charge in [0.2, 0.25) is 0 Å². The van der Waals surface area contributed by atoms with E-state index in [0.717, 1.165) is 11.6 Å². The Kier molecular flexibility index (Phi) is 1.17. The average molecular weight is 164 g/mol. The molecule has 0 radical (unpaired) electrons. The fraction of sp³-hybridized carbons (Fsp3) is 0.667. The smallest absolute Gasteiger partial charge is 0.0914 e. The highest BCUT2D eigenvalue weighted by atomic mass is 16.3. The molecule has 2 aliphatic rings. The number of H-pyrrole nitrogens is 1. The number of nitrogens with one attached hydrogen (secondary N) is 1. The second-order valence-electron chi connectivity index (χ2n) is 3.86. The summed E-state index contributed by atoms with van der Waals surface area (Å²) >= 11 is 0. The fourth-order valence-corrected chi connectivity index (χ4v) is 2.80. The third-order valence-electron chi connectivity index (χ3n) is 3.31. The topological polar surface area (TPSA) is 48.9 Å². The summed E-state index contributed by atoms with van der Waals surface area (Å²) in [4.78, 5) is 0. The van der Waals surface area contributed by atoms with Crippen molar-refractivity contribution in [3.05, 3.63) is 17.0 Å². The Labute approximate surface area is 70.8 Å². The van der Waals surface area contributed by atoms with E-state index >= 15 is 0 Å². The SMILES string of the molecule is OCc1n[nH]c2c1C1CCC2C1. The summed E-state index contributed by atoms with van der Waals surface area (Å²) in [5, 5.41) is 16.2. The first kappa shape index (κ1) is 6.66. The van der Waals surface area contributed by atoms with Crippen LogP contribution in [0.25, 0.3) is 0 Å². The van der Waals surface area contributed by atoms with Crippen LogP contribution in [0, 0.1) is 0 Å². The maximum Gasteiger partial charge on any atom is 0.0914 e. The van der Waals surface area contributed by atoms with E-state index < -0.39 is 0 Å². The number of aromatic amines is 1. The Hall–Kier alpha value is -0.830. The van der Waals surface area contributed by atoms with E-state index in [1.54, 1.807) is 0 Å². The van der Waals surface area contributed by atoms with E-state index in [0.29, 0.717) is 5.92 Å². The number of hydrogen-bond donors (Lipinski definition) is 2. The molecule has 2 aliphatic carbocycles. The van der Waals surface area contributed by atoms with Crippen molar-refractivity contribution in [3.8, 4) is 0 Å². The van der Waals surface area contributed by atoms with Crippen molar-refractivity contribution in [2.75, 3.05) is 0 Å². The highest BCUT2D eigenvalue weighted by Gasteiger charge is 2.40. The lowest BCUT2D eigenvalue weighted by atomic mass is 9.96. The van der Waals surface area contributed by atoms with Crippen molar-refractivity contribution in [1.82, 2.24) is 10.2 Å². The molecular weight excluding hydrogens is 152 g/mol. The molecule has 1 heterocycles. The Morgan fingerprint density at radius 1 is 1.42 bits per heavy atom. The highest BCUT2D eigenvalue weighted by Crippen LogP contribution is 2.53. The van der Waals surface area contributed by atoms with Gasteiger partial charge in [0, 0.05) is 17.2 Å². The van der Waals surface area contributed by atoms with Gasteiger partial charge >= 0.3 is 0 Å². The van der Waals surface area contributed by atoms with Crippen LogP contribution in [0.5, 0.6) is 0 Å². The van der Waals surface area contributed by atoms with Gasteiger partial charge in [-0.1, -0.05) is 0 Å². The molecule has 2 N–H and O–H groups in total. The molecule has 1 aromatic heterocycles. The number of hydrogen-bond acceptors (Lipinski definition) is 2. The summed E-state index contributed by atoms with van der Waals surface area (Å²) in [5.74, 6) is 1.42. The quantitative estimate of drug-likeness (QED) is 0.656. The molecule has 3 rings (SSSR count). The average Bonchev–Trinajstić information content (AvgIpc) is 2.76. The molecule has 1 aromatic rings. The van der Waals surface area contributed by atoms with Crippen molar-refractivity contribution in [2.45, 2.75) is 37.7 Å². The molecule has 0 aliphatic heterocycles. The minimum Gasteiger partial charge on any atom is -0.390 e. The lowest BCUT2D eigenvalue weighted by molar-refractivity contribution is 0.275. The van der Waals surface area contributed by atoms with Gasteiger partial charge in [-0.3, -0.25) is 5.10 Å². The second kappa shape index (κ2) is 2.10. The summed E-state index contributed by atoms with van der Waals surface area (Å²) in [6.07, 6.45) is 3.89. The Balaban J connectivity index is 2.16. The van der Waals surface area contributed by atoms with E-state index in [2.05, 4.69) is 10.2 Å². The maximum atomic E-state index is 9.04. The lowest BCUT2D eigenvalue weighted by Crippen LogP contribution is -1.97. The van der Waals surface area contributed by atoms with Gasteiger partial charge < -0.3 is 5.11 Å². The monoisotopic (exact) mass is 164 g/mol. The number of aliphatic hydroxyl groups is 1. The van der Waals surface area contributed by atoms with Gasteiger partial charge in [-0.15, -0.1) is 0 Å². The van der Waals surface area contributed by atoms with E-state index in [9.17, 15) is 0 Å². The minimum absolute atomic E-state index is 0.0923. The zero-order valence-corrected chi connectivity index (χ0v) is 6.88. The third kappa shape index (κ3) is 0.630. The third-order valence-corrected chi connectivity index (χ3v) is 3.31. The predicted octanol–water partition coefficient (Wildman–Crippen LogP) is 1.27. The molecular formula is C9H12N2O. The van der Waals surface area contributed by atoms with Crippen molar-refractivity contribution >= 4 is 0 Å². The normalized spacial score (nSPS) is 31.1. The summed E-state index contributed by atoms with van der Waals surface area (Å²) < 4.78 is 0. The number of fused-ring (bicyclic) bond motifs is 5. The van der Waals surface area contributed by atoms with Crippen molar-refractivity contribution in [3.63, 3.8) is 0 Å². The Morgan fingerprint density at radius 3 is 3.08 bits per heavy atom. The van der Waals surface area contributed by atoms with Crippen molar-refractivity contribution in [2.24, 2.45) is 0 Å². The van der Waals surface area contributed by atoms with Crippen LogP contribution in [0.4, 0.5) is 0 Å². The van der Waals surface area contributed by atoms with Crippen LogP contribution in [0.15, 0.2) is 0 Å². The zero-order chi connectivity index (χ0) is 8.13. The summed E-state index contributed by atoms with van der Waals surface area (Å²) in [5.41, 5.74) is 3.54. The molecule has 3 nitrogen and oxygen atoms in total. The molecule has 0 spiro atoms. The Bertz CT molecular complexity index is 318. The largest absolute Gasteiger partial charge is 0.390 e. The van der Waals surface area contributed by atoms with Crippen LogP contribution < -0.4 is 0 Å². The van der Waals surface area contributed by atoms with Gasteiger partial charge in [0.25, 0.3) is 0 Å². The van der Waals surface area contributed by atoms with Crippen LogP contribution in [0.1, 0.15) is 48.0 Å². The maximum absolute atomic E-state index is 9.04. The molecule has 2 unspecified atom stereocenters. The number of aliphatic hydroxyl groups excluding tert-OH is 1. The summed E-state index contributed by atoms with van der Waals surface area (Å²) in [6.45, 7) is 0.0923. The highest BCUT2D eigenvalue weighted by molar-refractivity contribution is 5.39. The van der Waals surface area contributed by atoms with Crippen LogP contribution >= 0.6 is 0 Å². The second-order valence-corrected chi connectivity index (χ2v) is 3.86. The standard InChI is InChI=1S/C9H12N2O/c12-4-7-8-5-1-2-6(3-5)9(8)11-10-7/h5-6,12H,1-4H2,(H,10,11). The van der Waals surface area contributed by atoms with E-state index in [1.165, 1.54) is 30.5 Å². The minimum atomic E-state index is 0.0923.